The number of hydrogen-bond acceptors (Lipinski definition) is 4. The predicted octanol–water partition coefficient (Wildman–Crippen LogP) is 4.98. The minimum absolute atomic E-state index is 0.0211. The lowest BCUT2D eigenvalue weighted by atomic mass is 10.1. The highest BCUT2D eigenvalue weighted by molar-refractivity contribution is 7.98. The van der Waals surface area contributed by atoms with E-state index in [4.69, 9.17) is 5.73 Å². The molecule has 29 heavy (non-hydrogen) atoms. The largest absolute Gasteiger partial charge is 0.336 e. The van der Waals surface area contributed by atoms with Crippen LogP contribution in [0.15, 0.2) is 47.4 Å². The van der Waals surface area contributed by atoms with Crippen molar-refractivity contribution in [3.63, 3.8) is 0 Å². The minimum atomic E-state index is -3.06. The number of rotatable bonds is 7. The van der Waals surface area contributed by atoms with Crippen molar-refractivity contribution >= 4 is 22.8 Å². The first-order valence-corrected chi connectivity index (χ1v) is 10.4. The maximum atomic E-state index is 14.2. The summed E-state index contributed by atoms with van der Waals surface area (Å²) in [6, 6.07) is 6.74. The topological polar surface area (TPSA) is 56.7 Å². The fourth-order valence-corrected chi connectivity index (χ4v) is 3.61. The number of allylic oxidation sites excluding steroid dienone is 1. The summed E-state index contributed by atoms with van der Waals surface area (Å²) in [5.41, 5.74) is 8.65. The highest BCUT2D eigenvalue weighted by atomic mass is 32.2. The van der Waals surface area contributed by atoms with Gasteiger partial charge in [0.1, 0.15) is 11.5 Å². The molecule has 3 rings (SSSR count). The second-order valence-corrected chi connectivity index (χ2v) is 7.70. The summed E-state index contributed by atoms with van der Waals surface area (Å²) in [6.07, 6.45) is 5.48. The second kappa shape index (κ2) is 8.59. The van der Waals surface area contributed by atoms with Crippen LogP contribution < -0.4 is 5.73 Å². The van der Waals surface area contributed by atoms with Crippen LogP contribution in [0.25, 0.3) is 11.0 Å². The quantitative estimate of drug-likeness (QED) is 0.548. The zero-order valence-corrected chi connectivity index (χ0v) is 17.4. The first-order valence-electron chi connectivity index (χ1n) is 9.15. The van der Waals surface area contributed by atoms with Crippen LogP contribution in [0.5, 0.6) is 0 Å². The lowest BCUT2D eigenvalue weighted by Crippen LogP contribution is -2.09. The Morgan fingerprint density at radius 2 is 2.03 bits per heavy atom. The number of nitrogens with two attached hydrogens (primary N) is 1. The third-order valence-corrected chi connectivity index (χ3v) is 5.44. The number of alkyl halides is 2. The fraction of sp³-hybridized carbons (Fsp3) is 0.333. The molecule has 3 heterocycles. The lowest BCUT2D eigenvalue weighted by molar-refractivity contribution is 0.0131. The van der Waals surface area contributed by atoms with Gasteiger partial charge >= 0.3 is 0 Å². The number of hydrogen-bond donors (Lipinski definition) is 1. The Morgan fingerprint density at radius 3 is 2.62 bits per heavy atom. The van der Waals surface area contributed by atoms with Crippen LogP contribution >= 0.6 is 11.8 Å². The molecule has 0 atom stereocenters. The predicted molar refractivity (Wildman–Crippen MR) is 111 cm³/mol. The summed E-state index contributed by atoms with van der Waals surface area (Å²) in [4.78, 5) is 8.62. The summed E-state index contributed by atoms with van der Waals surface area (Å²) in [6.45, 7) is 2.74. The molecule has 0 amide bonds. The van der Waals surface area contributed by atoms with Gasteiger partial charge in [-0.25, -0.2) is 14.4 Å². The molecule has 0 saturated heterocycles. The Morgan fingerprint density at radius 1 is 1.28 bits per heavy atom. The molecule has 0 aliphatic heterocycles. The van der Waals surface area contributed by atoms with Gasteiger partial charge in [-0.1, -0.05) is 6.07 Å². The van der Waals surface area contributed by atoms with Gasteiger partial charge < -0.3 is 10.3 Å². The maximum absolute atomic E-state index is 14.2. The molecule has 0 spiro atoms. The standard InChI is InChI=1S/C21H23F3N4S/c1-13-16(10-14-4-7-19(29-3)26-11-14)20-17(28(13)12-15(22)8-9-25)5-6-18(27-20)21(2,23)24/h4-8,11H,9-10,12,25H2,1-3H3/b15-8-. The Kier molecular flexibility index (Phi) is 6.33. The summed E-state index contributed by atoms with van der Waals surface area (Å²) >= 11 is 1.54. The van der Waals surface area contributed by atoms with Gasteiger partial charge in [-0.3, -0.25) is 0 Å². The molecule has 0 unspecified atom stereocenters. The van der Waals surface area contributed by atoms with Crippen molar-refractivity contribution < 1.29 is 13.2 Å². The molecule has 4 nitrogen and oxygen atoms in total. The van der Waals surface area contributed by atoms with E-state index in [1.807, 2.05) is 25.3 Å². The number of fused-ring (bicyclic) bond motifs is 1. The Labute approximate surface area is 172 Å². The van der Waals surface area contributed by atoms with Crippen molar-refractivity contribution in [3.05, 3.63) is 64.9 Å². The monoisotopic (exact) mass is 420 g/mol. The molecule has 0 fully saturated rings. The second-order valence-electron chi connectivity index (χ2n) is 6.87. The lowest BCUT2D eigenvalue weighted by Gasteiger charge is -2.10. The Bertz CT molecular complexity index is 1040. The van der Waals surface area contributed by atoms with E-state index in [0.29, 0.717) is 17.5 Å². The molecule has 8 heteroatoms. The van der Waals surface area contributed by atoms with Crippen LogP contribution in [-0.4, -0.2) is 27.3 Å². The van der Waals surface area contributed by atoms with E-state index in [1.54, 1.807) is 28.6 Å². The van der Waals surface area contributed by atoms with Crippen LogP contribution in [0.4, 0.5) is 13.2 Å². The van der Waals surface area contributed by atoms with Crippen molar-refractivity contribution in [2.45, 2.75) is 37.8 Å². The summed E-state index contributed by atoms with van der Waals surface area (Å²) in [7, 11) is 0. The third kappa shape index (κ3) is 4.64. The van der Waals surface area contributed by atoms with E-state index in [0.717, 1.165) is 28.8 Å². The molecule has 0 radical (unpaired) electrons. The minimum Gasteiger partial charge on any atom is -0.336 e. The van der Waals surface area contributed by atoms with Gasteiger partial charge in [-0.05, 0) is 43.0 Å². The van der Waals surface area contributed by atoms with Gasteiger partial charge in [0.25, 0.3) is 5.92 Å². The first kappa shape index (κ1) is 21.4. The number of nitrogens with zero attached hydrogens (tertiary/aromatic N) is 3. The number of thioether (sulfide) groups is 1. The molecular weight excluding hydrogens is 397 g/mol. The van der Waals surface area contributed by atoms with Gasteiger partial charge in [0.15, 0.2) is 0 Å². The van der Waals surface area contributed by atoms with Crippen LogP contribution in [-0.2, 0) is 18.9 Å². The van der Waals surface area contributed by atoms with E-state index < -0.39 is 5.92 Å². The number of halogens is 3. The van der Waals surface area contributed by atoms with Crippen molar-refractivity contribution in [2.75, 3.05) is 12.8 Å². The summed E-state index contributed by atoms with van der Waals surface area (Å²) in [5, 5.41) is 0.896. The van der Waals surface area contributed by atoms with E-state index in [2.05, 4.69) is 9.97 Å². The van der Waals surface area contributed by atoms with Crippen molar-refractivity contribution in [1.29, 1.82) is 0 Å². The van der Waals surface area contributed by atoms with Crippen LogP contribution in [0.2, 0.25) is 0 Å². The molecule has 0 bridgehead atoms. The Balaban J connectivity index is 2.14. The van der Waals surface area contributed by atoms with Gasteiger partial charge in [0.2, 0.25) is 0 Å². The molecule has 0 aliphatic rings. The first-order chi connectivity index (χ1) is 13.7. The smallest absolute Gasteiger partial charge is 0.286 e. The van der Waals surface area contributed by atoms with Crippen LogP contribution in [0.1, 0.15) is 29.4 Å². The maximum Gasteiger partial charge on any atom is 0.286 e. The number of aromatic nitrogens is 3. The van der Waals surface area contributed by atoms with Crippen molar-refractivity contribution in [3.8, 4) is 0 Å². The number of pyridine rings is 2. The average Bonchev–Trinajstić information content (AvgIpc) is 2.93. The van der Waals surface area contributed by atoms with Gasteiger partial charge in [0, 0.05) is 37.3 Å². The molecule has 154 valence electrons. The Hall–Kier alpha value is -2.32. The van der Waals surface area contributed by atoms with Gasteiger partial charge in [0.05, 0.1) is 22.6 Å². The molecular formula is C21H23F3N4S. The van der Waals surface area contributed by atoms with Gasteiger partial charge in [-0.15, -0.1) is 11.8 Å². The van der Waals surface area contributed by atoms with E-state index in [1.165, 1.54) is 12.1 Å². The highest BCUT2D eigenvalue weighted by Gasteiger charge is 2.28. The zero-order valence-electron chi connectivity index (χ0n) is 16.5. The zero-order chi connectivity index (χ0) is 21.2. The average molecular weight is 421 g/mol. The van der Waals surface area contributed by atoms with Crippen molar-refractivity contribution in [2.24, 2.45) is 5.73 Å². The molecule has 0 aromatic carbocycles. The van der Waals surface area contributed by atoms with Gasteiger partial charge in [-0.2, -0.15) is 8.78 Å². The summed E-state index contributed by atoms with van der Waals surface area (Å²) < 4.78 is 43.7. The summed E-state index contributed by atoms with van der Waals surface area (Å²) in [5.74, 6) is -3.44. The van der Waals surface area contributed by atoms with E-state index in [-0.39, 0.29) is 24.6 Å². The SMILES string of the molecule is CSc1ccc(Cc2c(C)n(C/C(F)=C/CN)c3ccc(C(C)(F)F)nc23)cn1. The van der Waals surface area contributed by atoms with Crippen LogP contribution in [0, 0.1) is 6.92 Å². The normalized spacial score (nSPS) is 12.7. The van der Waals surface area contributed by atoms with E-state index >= 15 is 0 Å². The third-order valence-electron chi connectivity index (χ3n) is 4.78. The molecule has 3 aromatic rings. The van der Waals surface area contributed by atoms with Crippen molar-refractivity contribution in [1.82, 2.24) is 14.5 Å². The van der Waals surface area contributed by atoms with E-state index in [9.17, 15) is 13.2 Å². The fourth-order valence-electron chi connectivity index (χ4n) is 3.25. The molecule has 3 aromatic heterocycles. The molecule has 0 aliphatic carbocycles. The van der Waals surface area contributed by atoms with Crippen LogP contribution in [0.3, 0.4) is 0 Å². The molecule has 0 saturated carbocycles. The highest BCUT2D eigenvalue weighted by Crippen LogP contribution is 2.32. The molecule has 2 N–H and O–H groups in total.